The van der Waals surface area contributed by atoms with E-state index in [1.807, 2.05) is 0 Å². The lowest BCUT2D eigenvalue weighted by Crippen LogP contribution is -2.40. The Morgan fingerprint density at radius 2 is 2.10 bits per heavy atom. The third kappa shape index (κ3) is 5.67. The van der Waals surface area contributed by atoms with Gasteiger partial charge in [-0.05, 0) is 26.0 Å². The first kappa shape index (κ1) is 22.4. The topological polar surface area (TPSA) is 153 Å². The summed E-state index contributed by atoms with van der Waals surface area (Å²) in [5, 5.41) is 18.9. The molecule has 1 aliphatic carbocycles. The van der Waals surface area contributed by atoms with Crippen LogP contribution in [-0.4, -0.2) is 52.5 Å². The lowest BCUT2D eigenvalue weighted by atomic mass is 9.92. The van der Waals surface area contributed by atoms with E-state index in [0.717, 1.165) is 0 Å². The Morgan fingerprint density at radius 3 is 2.74 bits per heavy atom. The minimum absolute atomic E-state index is 0.00812. The number of nitriles is 1. The van der Waals surface area contributed by atoms with E-state index in [1.165, 1.54) is 13.8 Å². The summed E-state index contributed by atoms with van der Waals surface area (Å²) in [6.07, 6.45) is 1.19. The number of nitrogens with one attached hydrogen (secondary N) is 1. The number of carbonyl (C=O) groups excluding carboxylic acids is 1. The van der Waals surface area contributed by atoms with Crippen molar-refractivity contribution in [1.82, 2.24) is 15.4 Å². The number of rotatable bonds is 8. The van der Waals surface area contributed by atoms with Crippen LogP contribution in [0.4, 0.5) is 5.82 Å². The molecule has 1 aliphatic rings. The van der Waals surface area contributed by atoms with Gasteiger partial charge in [0.05, 0.1) is 23.3 Å². The maximum atomic E-state index is 12.7. The van der Waals surface area contributed by atoms with Crippen molar-refractivity contribution in [1.29, 1.82) is 5.26 Å². The molecule has 4 N–H and O–H groups in total. The van der Waals surface area contributed by atoms with Crippen molar-refractivity contribution >= 4 is 11.7 Å². The Balaban J connectivity index is 1.91. The molecular weight excluding hydrogens is 402 g/mol. The molecule has 0 radical (unpaired) electrons. The second-order valence-corrected chi connectivity index (χ2v) is 7.91. The number of hydroxylamine groups is 1. The van der Waals surface area contributed by atoms with E-state index >= 15 is 0 Å². The zero-order valence-electron chi connectivity index (χ0n) is 17.6. The van der Waals surface area contributed by atoms with Crippen molar-refractivity contribution in [2.24, 2.45) is 0 Å². The molecule has 0 saturated heterocycles. The third-order valence-electron chi connectivity index (χ3n) is 4.63. The summed E-state index contributed by atoms with van der Waals surface area (Å²) < 4.78 is 11.2. The Labute approximate surface area is 179 Å². The second kappa shape index (κ2) is 9.26. The van der Waals surface area contributed by atoms with Gasteiger partial charge in [-0.2, -0.15) is 10.2 Å². The van der Waals surface area contributed by atoms with Gasteiger partial charge in [0.15, 0.2) is 5.82 Å². The fourth-order valence-corrected chi connectivity index (χ4v) is 2.91. The Hall–Kier alpha value is -3.26. The average molecular weight is 427 g/mol. The zero-order valence-corrected chi connectivity index (χ0v) is 17.6. The SMILES string of the molecule is COC1CC(Oc2nc(-c3cccc(C#N)c3)nc(N)c2C(=O)NOCC(C)(C)O)C1. The van der Waals surface area contributed by atoms with Gasteiger partial charge < -0.3 is 20.3 Å². The van der Waals surface area contributed by atoms with Gasteiger partial charge in [-0.3, -0.25) is 9.63 Å². The number of methoxy groups -OCH3 is 1. The predicted octanol–water partition coefficient (Wildman–Crippen LogP) is 1.59. The first-order chi connectivity index (χ1) is 14.7. The highest BCUT2D eigenvalue weighted by Gasteiger charge is 2.33. The van der Waals surface area contributed by atoms with Crippen molar-refractivity contribution in [3.8, 4) is 23.3 Å². The molecule has 1 saturated carbocycles. The van der Waals surface area contributed by atoms with Crippen molar-refractivity contribution < 1.29 is 24.2 Å². The standard InChI is InChI=1S/C21H25N5O5/c1-21(2,28)11-30-26-19(27)16-17(23)24-18(13-6-4-5-12(7-13)10-22)25-20(16)31-15-8-14(9-15)29-3/h4-7,14-15,28H,8-9,11H2,1-3H3,(H,26,27)(H2,23,24,25). The Kier molecular flexibility index (Phi) is 6.70. The molecular formula is C21H25N5O5. The average Bonchev–Trinajstić information content (AvgIpc) is 2.68. The van der Waals surface area contributed by atoms with Crippen LogP contribution < -0.4 is 16.0 Å². The molecule has 1 heterocycles. The lowest BCUT2D eigenvalue weighted by molar-refractivity contribution is -0.0527. The maximum absolute atomic E-state index is 12.7. The number of nitrogen functional groups attached to an aromatic ring is 1. The molecule has 3 rings (SSSR count). The molecule has 0 aliphatic heterocycles. The number of carbonyl (C=O) groups is 1. The molecule has 10 heteroatoms. The molecule has 0 spiro atoms. The van der Waals surface area contributed by atoms with Gasteiger partial charge in [0.25, 0.3) is 5.91 Å². The number of nitrogens with zero attached hydrogens (tertiary/aromatic N) is 3. The van der Waals surface area contributed by atoms with Crippen LogP contribution in [-0.2, 0) is 9.57 Å². The first-order valence-electron chi connectivity index (χ1n) is 9.72. The highest BCUT2D eigenvalue weighted by atomic mass is 16.7. The van der Waals surface area contributed by atoms with Crippen LogP contribution in [0.5, 0.6) is 5.88 Å². The molecule has 1 fully saturated rings. The van der Waals surface area contributed by atoms with Gasteiger partial charge in [0.2, 0.25) is 5.88 Å². The predicted molar refractivity (Wildman–Crippen MR) is 111 cm³/mol. The summed E-state index contributed by atoms with van der Waals surface area (Å²) in [7, 11) is 1.63. The quantitative estimate of drug-likeness (QED) is 0.533. The number of aromatic nitrogens is 2. The van der Waals surface area contributed by atoms with E-state index in [1.54, 1.807) is 31.4 Å². The van der Waals surface area contributed by atoms with Crippen molar-refractivity contribution in [3.63, 3.8) is 0 Å². The third-order valence-corrected chi connectivity index (χ3v) is 4.63. The summed E-state index contributed by atoms with van der Waals surface area (Å²) in [5.41, 5.74) is 8.12. The summed E-state index contributed by atoms with van der Waals surface area (Å²) in [6.45, 7) is 2.95. The molecule has 0 unspecified atom stereocenters. The van der Waals surface area contributed by atoms with Gasteiger partial charge >= 0.3 is 0 Å². The number of ether oxygens (including phenoxy) is 2. The van der Waals surface area contributed by atoms with Crippen LogP contribution >= 0.6 is 0 Å². The fourth-order valence-electron chi connectivity index (χ4n) is 2.91. The number of benzene rings is 1. The molecule has 1 aromatic heterocycles. The maximum Gasteiger partial charge on any atom is 0.284 e. The fraction of sp³-hybridized carbons (Fsp3) is 0.429. The Bertz CT molecular complexity index is 993. The summed E-state index contributed by atoms with van der Waals surface area (Å²) in [4.78, 5) is 26.4. The number of hydrogen-bond donors (Lipinski definition) is 3. The van der Waals surface area contributed by atoms with Crippen LogP contribution in [0.15, 0.2) is 24.3 Å². The number of hydrogen-bond acceptors (Lipinski definition) is 9. The minimum atomic E-state index is -1.13. The molecule has 2 aromatic rings. The van der Waals surface area contributed by atoms with Gasteiger partial charge in [0, 0.05) is 25.5 Å². The molecule has 164 valence electrons. The summed E-state index contributed by atoms with van der Waals surface area (Å²) >= 11 is 0. The molecule has 1 amide bonds. The van der Waals surface area contributed by atoms with Crippen LogP contribution in [0.3, 0.4) is 0 Å². The van der Waals surface area contributed by atoms with E-state index in [-0.39, 0.29) is 41.9 Å². The van der Waals surface area contributed by atoms with Crippen LogP contribution in [0.1, 0.15) is 42.6 Å². The molecule has 0 bridgehead atoms. The second-order valence-electron chi connectivity index (χ2n) is 7.91. The highest BCUT2D eigenvalue weighted by molar-refractivity contribution is 6.00. The number of amides is 1. The lowest BCUT2D eigenvalue weighted by Gasteiger charge is -2.34. The van der Waals surface area contributed by atoms with Gasteiger partial charge in [-0.15, -0.1) is 0 Å². The van der Waals surface area contributed by atoms with Crippen molar-refractivity contribution in [3.05, 3.63) is 35.4 Å². The van der Waals surface area contributed by atoms with Crippen molar-refractivity contribution in [2.75, 3.05) is 19.5 Å². The molecule has 1 aromatic carbocycles. The van der Waals surface area contributed by atoms with Gasteiger partial charge in [-0.25, -0.2) is 10.5 Å². The van der Waals surface area contributed by atoms with Crippen LogP contribution in [0, 0.1) is 11.3 Å². The van der Waals surface area contributed by atoms with E-state index in [4.69, 9.17) is 25.3 Å². The smallest absolute Gasteiger partial charge is 0.284 e. The first-order valence-corrected chi connectivity index (χ1v) is 9.72. The normalized spacial score (nSPS) is 18.0. The van der Waals surface area contributed by atoms with Gasteiger partial charge in [0.1, 0.15) is 24.1 Å². The Morgan fingerprint density at radius 1 is 1.35 bits per heavy atom. The summed E-state index contributed by atoms with van der Waals surface area (Å²) in [6, 6.07) is 8.77. The number of anilines is 1. The highest BCUT2D eigenvalue weighted by Crippen LogP contribution is 2.32. The van der Waals surface area contributed by atoms with E-state index in [2.05, 4.69) is 21.5 Å². The molecule has 10 nitrogen and oxygen atoms in total. The summed E-state index contributed by atoms with van der Waals surface area (Å²) in [5.74, 6) is -0.569. The minimum Gasteiger partial charge on any atom is -0.473 e. The van der Waals surface area contributed by atoms with Gasteiger partial charge in [-0.1, -0.05) is 12.1 Å². The number of aliphatic hydroxyl groups is 1. The number of nitrogens with two attached hydrogens (primary N) is 1. The van der Waals surface area contributed by atoms with Crippen LogP contribution in [0.25, 0.3) is 11.4 Å². The van der Waals surface area contributed by atoms with E-state index in [9.17, 15) is 9.90 Å². The largest absolute Gasteiger partial charge is 0.473 e. The zero-order chi connectivity index (χ0) is 22.6. The monoisotopic (exact) mass is 427 g/mol. The molecule has 0 atom stereocenters. The molecule has 31 heavy (non-hydrogen) atoms. The van der Waals surface area contributed by atoms with Crippen LogP contribution in [0.2, 0.25) is 0 Å². The van der Waals surface area contributed by atoms with Crippen molar-refractivity contribution in [2.45, 2.75) is 44.5 Å². The van der Waals surface area contributed by atoms with E-state index < -0.39 is 11.5 Å². The van der Waals surface area contributed by atoms with E-state index in [0.29, 0.717) is 24.0 Å².